The lowest BCUT2D eigenvalue weighted by atomic mass is 10.0. The highest BCUT2D eigenvalue weighted by molar-refractivity contribution is 7.47. The van der Waals surface area contributed by atoms with Gasteiger partial charge in [0.25, 0.3) is 0 Å². The van der Waals surface area contributed by atoms with Crippen LogP contribution < -0.4 is 0 Å². The molecule has 0 aliphatic rings. The Morgan fingerprint density at radius 1 is 0.367 bits per heavy atom. The van der Waals surface area contributed by atoms with Gasteiger partial charge in [-0.3, -0.25) is 32.5 Å². The van der Waals surface area contributed by atoms with Gasteiger partial charge in [0.15, 0.2) is 6.10 Å². The monoisotopic (exact) mass is 1160 g/mol. The summed E-state index contributed by atoms with van der Waals surface area (Å²) >= 11 is 0. The number of phosphoric ester groups is 2. The van der Waals surface area contributed by atoms with Crippen LogP contribution in [-0.4, -0.2) is 95.9 Å². The first-order valence-corrected chi connectivity index (χ1v) is 34.3. The summed E-state index contributed by atoms with van der Waals surface area (Å²) in [6.07, 6.45) is 50.7. The smallest absolute Gasteiger partial charge is 0.463 e. The summed E-state index contributed by atoms with van der Waals surface area (Å²) in [5, 5.41) is 20.5. The number of aliphatic hydroxyl groups excluding tert-OH is 2. The van der Waals surface area contributed by atoms with Crippen LogP contribution in [0.25, 0.3) is 0 Å². The van der Waals surface area contributed by atoms with E-state index in [0.29, 0.717) is 19.3 Å². The number of phosphoric acid groups is 2. The van der Waals surface area contributed by atoms with Crippen LogP contribution in [0.2, 0.25) is 0 Å². The molecule has 16 nitrogen and oxygen atoms in total. The highest BCUT2D eigenvalue weighted by Gasteiger charge is 2.29. The summed E-state index contributed by atoms with van der Waals surface area (Å²) in [5.41, 5.74) is 0. The molecule has 0 rings (SSSR count). The average molecular weight is 1170 g/mol. The van der Waals surface area contributed by atoms with Gasteiger partial charge in [-0.15, -0.1) is 0 Å². The molecule has 0 fully saturated rings. The lowest BCUT2D eigenvalue weighted by Crippen LogP contribution is -2.30. The maximum absolute atomic E-state index is 12.8. The number of carbonyl (C=O) groups excluding carboxylic acids is 3. The highest BCUT2D eigenvalue weighted by Crippen LogP contribution is 2.45. The Balaban J connectivity index is 4.60. The first-order chi connectivity index (χ1) is 38.2. The summed E-state index contributed by atoms with van der Waals surface area (Å²) in [6.45, 7) is 2.56. The van der Waals surface area contributed by atoms with Crippen molar-refractivity contribution in [3.05, 3.63) is 36.5 Å². The van der Waals surface area contributed by atoms with Crippen LogP contribution in [0.15, 0.2) is 36.5 Å². The lowest BCUT2D eigenvalue weighted by molar-refractivity contribution is -0.161. The summed E-state index contributed by atoms with van der Waals surface area (Å²) < 4.78 is 60.6. The molecule has 0 aliphatic heterocycles. The van der Waals surface area contributed by atoms with Crippen LogP contribution in [0, 0.1) is 0 Å². The molecule has 0 aromatic rings. The maximum atomic E-state index is 12.8. The van der Waals surface area contributed by atoms with Crippen molar-refractivity contribution in [3.8, 4) is 0 Å². The van der Waals surface area contributed by atoms with E-state index in [2.05, 4.69) is 57.2 Å². The SMILES string of the molecule is CC/C=C\C/C=C\C/C=C\CCCCCCCCCC(=O)OCC(O)COP(=O)(O)OCC(O)COP(=O)(O)OCC(COC(=O)CCCCCCCCCCCCCCCCC)OC(=O)CCCCCCCCCCCCC. The van der Waals surface area contributed by atoms with Crippen LogP contribution >= 0.6 is 15.6 Å². The van der Waals surface area contributed by atoms with Gasteiger partial charge >= 0.3 is 33.6 Å². The van der Waals surface area contributed by atoms with Crippen LogP contribution in [0.5, 0.6) is 0 Å². The normalized spacial score (nSPS) is 14.7. The number of hydrogen-bond acceptors (Lipinski definition) is 14. The number of carbonyl (C=O) groups is 3. The van der Waals surface area contributed by atoms with E-state index in [4.69, 9.17) is 32.3 Å². The Bertz CT molecular complexity index is 1610. The first kappa shape index (κ1) is 76.8. The minimum Gasteiger partial charge on any atom is -0.463 e. The molecular weight excluding hydrogens is 1050 g/mol. The van der Waals surface area contributed by atoms with Crippen molar-refractivity contribution in [2.24, 2.45) is 0 Å². The van der Waals surface area contributed by atoms with Crippen molar-refractivity contribution in [1.82, 2.24) is 0 Å². The fourth-order valence-electron chi connectivity index (χ4n) is 8.59. The molecule has 0 bridgehead atoms. The third kappa shape index (κ3) is 57.4. The molecule has 0 aromatic heterocycles. The van der Waals surface area contributed by atoms with Crippen LogP contribution in [0.4, 0.5) is 0 Å². The van der Waals surface area contributed by atoms with Crippen LogP contribution in [0.1, 0.15) is 278 Å². The predicted molar refractivity (Wildman–Crippen MR) is 316 cm³/mol. The van der Waals surface area contributed by atoms with Gasteiger partial charge in [0, 0.05) is 19.3 Å². The van der Waals surface area contributed by atoms with Gasteiger partial charge in [0.2, 0.25) is 0 Å². The zero-order valence-corrected chi connectivity index (χ0v) is 51.6. The van der Waals surface area contributed by atoms with E-state index in [0.717, 1.165) is 109 Å². The molecule has 0 saturated heterocycles. The lowest BCUT2D eigenvalue weighted by Gasteiger charge is -2.21. The van der Waals surface area contributed by atoms with Gasteiger partial charge in [0.05, 0.1) is 26.4 Å². The minimum atomic E-state index is -4.90. The van der Waals surface area contributed by atoms with Crippen LogP contribution in [0.3, 0.4) is 0 Å². The Labute approximate surface area is 479 Å². The van der Waals surface area contributed by atoms with E-state index in [1.165, 1.54) is 109 Å². The molecular formula is C61H114O16P2. The second-order valence-corrected chi connectivity index (χ2v) is 24.1. The molecule has 0 heterocycles. The fraction of sp³-hybridized carbons (Fsp3) is 0.852. The molecule has 4 N–H and O–H groups in total. The van der Waals surface area contributed by atoms with Gasteiger partial charge in [-0.25, -0.2) is 9.13 Å². The van der Waals surface area contributed by atoms with Crippen molar-refractivity contribution in [2.45, 2.75) is 296 Å². The molecule has 0 aromatic carbocycles. The van der Waals surface area contributed by atoms with E-state index in [-0.39, 0.29) is 19.3 Å². The second kappa shape index (κ2) is 56.3. The van der Waals surface area contributed by atoms with Crippen molar-refractivity contribution in [3.63, 3.8) is 0 Å². The van der Waals surface area contributed by atoms with Crippen LogP contribution in [-0.2, 0) is 55.8 Å². The molecule has 0 aliphatic carbocycles. The minimum absolute atomic E-state index is 0.113. The summed E-state index contributed by atoms with van der Waals surface area (Å²) in [6, 6.07) is 0. The molecule has 5 unspecified atom stereocenters. The van der Waals surface area contributed by atoms with Crippen molar-refractivity contribution in [1.29, 1.82) is 0 Å². The standard InChI is InChI=1S/C61H114O16P2/c1-4-7-10-13-16-19-22-24-26-27-29-31-33-35-38-41-44-47-59(64)71-50-56(62)51-73-78(67,68)74-52-57(63)53-75-79(69,70)76-55-58(77-61(66)49-46-43-40-37-32-21-18-15-12-9-6-3)54-72-60(65)48-45-42-39-36-34-30-28-25-23-20-17-14-11-8-5-2/h7,10,16,19,24,26,56-58,62-63H,4-6,8-9,11-15,17-18,20-23,25,27-55H2,1-3H3,(H,67,68)(H,69,70)/b10-7-,19-16-,26-24-. The first-order valence-electron chi connectivity index (χ1n) is 31.3. The van der Waals surface area contributed by atoms with Gasteiger partial charge < -0.3 is 34.2 Å². The average Bonchev–Trinajstić information content (AvgIpc) is 3.42. The number of rotatable bonds is 60. The topological polar surface area (TPSA) is 231 Å². The van der Waals surface area contributed by atoms with E-state index in [1.54, 1.807) is 0 Å². The molecule has 5 atom stereocenters. The number of unbranched alkanes of at least 4 members (excludes halogenated alkanes) is 31. The second-order valence-electron chi connectivity index (χ2n) is 21.2. The third-order valence-corrected chi connectivity index (χ3v) is 15.3. The quantitative estimate of drug-likeness (QED) is 0.0146. The number of allylic oxidation sites excluding steroid dienone is 6. The van der Waals surface area contributed by atoms with E-state index in [1.807, 2.05) is 0 Å². The molecule has 18 heteroatoms. The number of aliphatic hydroxyl groups is 2. The zero-order chi connectivity index (χ0) is 58.2. The largest absolute Gasteiger partial charge is 0.472 e. The van der Waals surface area contributed by atoms with E-state index >= 15 is 0 Å². The third-order valence-electron chi connectivity index (χ3n) is 13.4. The van der Waals surface area contributed by atoms with Gasteiger partial charge in [0.1, 0.15) is 25.4 Å². The Hall–Kier alpha value is -2.23. The van der Waals surface area contributed by atoms with Crippen molar-refractivity contribution >= 4 is 33.6 Å². The Morgan fingerprint density at radius 3 is 1.06 bits per heavy atom. The molecule has 0 spiro atoms. The van der Waals surface area contributed by atoms with Crippen molar-refractivity contribution in [2.75, 3.05) is 39.6 Å². The molecule has 0 amide bonds. The summed E-state index contributed by atoms with van der Waals surface area (Å²) in [7, 11) is -9.74. The number of ether oxygens (including phenoxy) is 3. The zero-order valence-electron chi connectivity index (χ0n) is 49.8. The molecule has 0 radical (unpaired) electrons. The molecule has 0 saturated carbocycles. The Kier molecular flexibility index (Phi) is 54.7. The van der Waals surface area contributed by atoms with Gasteiger partial charge in [-0.05, 0) is 51.4 Å². The predicted octanol–water partition coefficient (Wildman–Crippen LogP) is 16.3. The number of esters is 3. The Morgan fingerprint density at radius 2 is 0.671 bits per heavy atom. The fourth-order valence-corrected chi connectivity index (χ4v) is 10.2. The van der Waals surface area contributed by atoms with E-state index < -0.39 is 91.5 Å². The molecule has 464 valence electrons. The van der Waals surface area contributed by atoms with Gasteiger partial charge in [-0.2, -0.15) is 0 Å². The molecule has 79 heavy (non-hydrogen) atoms. The number of hydrogen-bond donors (Lipinski definition) is 4. The maximum Gasteiger partial charge on any atom is 0.472 e. The highest BCUT2D eigenvalue weighted by atomic mass is 31.2. The summed E-state index contributed by atoms with van der Waals surface area (Å²) in [4.78, 5) is 58.1. The summed E-state index contributed by atoms with van der Waals surface area (Å²) in [5.74, 6) is -1.56. The van der Waals surface area contributed by atoms with Crippen molar-refractivity contribution < 1.29 is 75.8 Å². The van der Waals surface area contributed by atoms with Gasteiger partial charge in [-0.1, -0.05) is 243 Å². The van der Waals surface area contributed by atoms with E-state index in [9.17, 15) is 43.5 Å².